The van der Waals surface area contributed by atoms with E-state index in [0.29, 0.717) is 5.56 Å². The van der Waals surface area contributed by atoms with E-state index >= 15 is 0 Å². The number of rotatable bonds is 2. The topological polar surface area (TPSA) is 59.4 Å². The summed E-state index contributed by atoms with van der Waals surface area (Å²) in [5.41, 5.74) is 0.526. The first-order valence-corrected chi connectivity index (χ1v) is 3.55. The molecular formula is C7H6ClNO3. The van der Waals surface area contributed by atoms with Gasteiger partial charge in [0.1, 0.15) is 5.15 Å². The van der Waals surface area contributed by atoms with Gasteiger partial charge < -0.3 is 4.89 Å². The van der Waals surface area contributed by atoms with Gasteiger partial charge >= 0.3 is 5.97 Å². The number of nitrogens with zero attached hydrogens (tertiary/aromatic N) is 1. The van der Waals surface area contributed by atoms with Gasteiger partial charge in [0.25, 0.3) is 0 Å². The van der Waals surface area contributed by atoms with Crippen molar-refractivity contribution in [1.82, 2.24) is 4.98 Å². The van der Waals surface area contributed by atoms with Gasteiger partial charge in [-0.05, 0) is 6.07 Å². The number of carbonyl (C=O) groups is 1. The summed E-state index contributed by atoms with van der Waals surface area (Å²) >= 11 is 5.62. The standard InChI is InChI=1S/C7H6ClNO3/c8-7-5(2-1-3-9-7)4-6(10)12-11/h1-3,11H,4H2. The predicted molar refractivity (Wildman–Crippen MR) is 41.7 cm³/mol. The van der Waals surface area contributed by atoms with Crippen LogP contribution >= 0.6 is 11.6 Å². The lowest BCUT2D eigenvalue weighted by Gasteiger charge is -1.98. The normalized spacial score (nSPS) is 9.50. The molecule has 0 saturated carbocycles. The van der Waals surface area contributed by atoms with Crippen molar-refractivity contribution in [3.8, 4) is 0 Å². The molecule has 0 aliphatic rings. The van der Waals surface area contributed by atoms with Gasteiger partial charge in [-0.1, -0.05) is 17.7 Å². The third-order valence-corrected chi connectivity index (χ3v) is 1.61. The minimum Gasteiger partial charge on any atom is -0.301 e. The van der Waals surface area contributed by atoms with E-state index in [1.807, 2.05) is 0 Å². The third-order valence-electron chi connectivity index (χ3n) is 1.27. The lowest BCUT2D eigenvalue weighted by Crippen LogP contribution is -2.05. The zero-order valence-corrected chi connectivity index (χ0v) is 6.78. The fourth-order valence-corrected chi connectivity index (χ4v) is 0.925. The number of hydrogen-bond donors (Lipinski definition) is 1. The average Bonchev–Trinajstić information content (AvgIpc) is 2.09. The largest absolute Gasteiger partial charge is 0.346 e. The van der Waals surface area contributed by atoms with E-state index in [0.717, 1.165) is 0 Å². The Kier molecular flexibility index (Phi) is 3.01. The number of carbonyl (C=O) groups excluding carboxylic acids is 1. The van der Waals surface area contributed by atoms with Crippen molar-refractivity contribution in [1.29, 1.82) is 0 Å². The second-order valence-electron chi connectivity index (χ2n) is 2.09. The van der Waals surface area contributed by atoms with E-state index in [4.69, 9.17) is 16.9 Å². The van der Waals surface area contributed by atoms with E-state index in [9.17, 15) is 4.79 Å². The molecule has 4 nitrogen and oxygen atoms in total. The van der Waals surface area contributed by atoms with Gasteiger partial charge in [-0.3, -0.25) is 0 Å². The van der Waals surface area contributed by atoms with Gasteiger partial charge in [-0.2, -0.15) is 5.26 Å². The highest BCUT2D eigenvalue weighted by atomic mass is 35.5. The predicted octanol–water partition coefficient (Wildman–Crippen LogP) is 1.29. The molecule has 64 valence electrons. The van der Waals surface area contributed by atoms with Crippen molar-refractivity contribution in [2.24, 2.45) is 0 Å². The molecule has 1 heterocycles. The molecule has 0 spiro atoms. The third kappa shape index (κ3) is 2.18. The van der Waals surface area contributed by atoms with Crippen LogP contribution in [0.4, 0.5) is 0 Å². The Labute approximate surface area is 73.7 Å². The molecule has 0 aliphatic carbocycles. The van der Waals surface area contributed by atoms with E-state index < -0.39 is 5.97 Å². The maximum absolute atomic E-state index is 10.6. The molecule has 1 aromatic heterocycles. The lowest BCUT2D eigenvalue weighted by atomic mass is 10.2. The van der Waals surface area contributed by atoms with Crippen LogP contribution in [0, 0.1) is 0 Å². The Morgan fingerprint density at radius 3 is 3.08 bits per heavy atom. The molecule has 5 heteroatoms. The molecule has 1 rings (SSSR count). The maximum atomic E-state index is 10.6. The zero-order chi connectivity index (χ0) is 8.97. The van der Waals surface area contributed by atoms with Gasteiger partial charge in [0.05, 0.1) is 6.42 Å². The first kappa shape index (κ1) is 8.96. The number of pyridine rings is 1. The fraction of sp³-hybridized carbons (Fsp3) is 0.143. The molecule has 0 aliphatic heterocycles. The summed E-state index contributed by atoms with van der Waals surface area (Å²) in [6.07, 6.45) is 1.43. The van der Waals surface area contributed by atoms with Crippen molar-refractivity contribution < 1.29 is 14.9 Å². The number of aromatic nitrogens is 1. The molecule has 0 radical (unpaired) electrons. The van der Waals surface area contributed by atoms with Crippen molar-refractivity contribution in [2.75, 3.05) is 0 Å². The van der Waals surface area contributed by atoms with Crippen LogP contribution in [0.15, 0.2) is 18.3 Å². The number of halogens is 1. The highest BCUT2D eigenvalue weighted by Gasteiger charge is 2.07. The molecule has 0 aromatic carbocycles. The van der Waals surface area contributed by atoms with Crippen molar-refractivity contribution in [3.05, 3.63) is 29.0 Å². The van der Waals surface area contributed by atoms with Crippen LogP contribution in [0.1, 0.15) is 5.56 Å². The summed E-state index contributed by atoms with van der Waals surface area (Å²) in [6, 6.07) is 3.28. The first-order valence-electron chi connectivity index (χ1n) is 3.17. The van der Waals surface area contributed by atoms with E-state index in [-0.39, 0.29) is 11.6 Å². The molecular weight excluding hydrogens is 182 g/mol. The molecule has 0 atom stereocenters. The summed E-state index contributed by atoms with van der Waals surface area (Å²) in [7, 11) is 0. The number of hydrogen-bond acceptors (Lipinski definition) is 4. The van der Waals surface area contributed by atoms with E-state index in [1.54, 1.807) is 12.1 Å². The Balaban J connectivity index is 2.75. The summed E-state index contributed by atoms with van der Waals surface area (Å²) in [5, 5.41) is 8.21. The fourth-order valence-electron chi connectivity index (χ4n) is 0.739. The van der Waals surface area contributed by atoms with Gasteiger partial charge in [0, 0.05) is 11.8 Å². The molecule has 0 bridgehead atoms. The Morgan fingerprint density at radius 2 is 2.50 bits per heavy atom. The summed E-state index contributed by atoms with van der Waals surface area (Å²) in [4.78, 5) is 17.8. The van der Waals surface area contributed by atoms with Crippen molar-refractivity contribution in [3.63, 3.8) is 0 Å². The van der Waals surface area contributed by atoms with Gasteiger partial charge in [0.2, 0.25) is 0 Å². The monoisotopic (exact) mass is 187 g/mol. The van der Waals surface area contributed by atoms with Crippen LogP contribution in [0.5, 0.6) is 0 Å². The molecule has 1 N–H and O–H groups in total. The van der Waals surface area contributed by atoms with Crippen LogP contribution in [0.2, 0.25) is 5.15 Å². The maximum Gasteiger partial charge on any atom is 0.346 e. The molecule has 0 unspecified atom stereocenters. The summed E-state index contributed by atoms with van der Waals surface area (Å²) in [6.45, 7) is 0. The summed E-state index contributed by atoms with van der Waals surface area (Å²) in [5.74, 6) is -0.759. The van der Waals surface area contributed by atoms with Crippen LogP contribution in [-0.4, -0.2) is 16.2 Å². The molecule has 0 saturated heterocycles. The minimum atomic E-state index is -0.759. The van der Waals surface area contributed by atoms with Crippen LogP contribution < -0.4 is 0 Å². The Bertz CT molecular complexity index is 290. The average molecular weight is 188 g/mol. The van der Waals surface area contributed by atoms with Crippen molar-refractivity contribution in [2.45, 2.75) is 6.42 Å². The zero-order valence-electron chi connectivity index (χ0n) is 6.03. The highest BCUT2D eigenvalue weighted by Crippen LogP contribution is 2.11. The van der Waals surface area contributed by atoms with E-state index in [2.05, 4.69) is 9.87 Å². The summed E-state index contributed by atoms with van der Waals surface area (Å²) < 4.78 is 0. The molecule has 1 aromatic rings. The van der Waals surface area contributed by atoms with E-state index in [1.165, 1.54) is 6.20 Å². The molecule has 0 fully saturated rings. The Hall–Kier alpha value is -1.13. The van der Waals surface area contributed by atoms with Gasteiger partial charge in [-0.15, -0.1) is 0 Å². The minimum absolute atomic E-state index is 0.0802. The quantitative estimate of drug-likeness (QED) is 0.431. The lowest BCUT2D eigenvalue weighted by molar-refractivity contribution is -0.233. The van der Waals surface area contributed by atoms with Crippen LogP contribution in [0.25, 0.3) is 0 Å². The van der Waals surface area contributed by atoms with Gasteiger partial charge in [-0.25, -0.2) is 9.78 Å². The first-order chi connectivity index (χ1) is 5.74. The smallest absolute Gasteiger partial charge is 0.301 e. The Morgan fingerprint density at radius 1 is 1.75 bits per heavy atom. The SMILES string of the molecule is O=C(Cc1cccnc1Cl)OO. The van der Waals surface area contributed by atoms with Crippen LogP contribution in [-0.2, 0) is 16.1 Å². The second kappa shape index (κ2) is 4.04. The molecule has 12 heavy (non-hydrogen) atoms. The molecule has 0 amide bonds. The highest BCUT2D eigenvalue weighted by molar-refractivity contribution is 6.30. The second-order valence-corrected chi connectivity index (χ2v) is 2.45. The van der Waals surface area contributed by atoms with Crippen LogP contribution in [0.3, 0.4) is 0 Å². The van der Waals surface area contributed by atoms with Crippen molar-refractivity contribution >= 4 is 17.6 Å². The van der Waals surface area contributed by atoms with Gasteiger partial charge in [0.15, 0.2) is 0 Å².